The predicted molar refractivity (Wildman–Crippen MR) is 73.4 cm³/mol. The van der Waals surface area contributed by atoms with E-state index in [1.165, 1.54) is 44.3 Å². The highest BCUT2D eigenvalue weighted by molar-refractivity contribution is 5.13. The molecule has 18 heavy (non-hydrogen) atoms. The minimum absolute atomic E-state index is 0.413. The molecule has 2 aliphatic rings. The van der Waals surface area contributed by atoms with Crippen molar-refractivity contribution in [3.8, 4) is 0 Å². The molecule has 1 atom stereocenters. The third-order valence-electron chi connectivity index (χ3n) is 4.26. The van der Waals surface area contributed by atoms with Gasteiger partial charge in [-0.15, -0.1) is 0 Å². The number of hydrogen-bond acceptors (Lipinski definition) is 3. The van der Waals surface area contributed by atoms with Gasteiger partial charge < -0.3 is 10.2 Å². The Morgan fingerprint density at radius 3 is 2.67 bits per heavy atom. The van der Waals surface area contributed by atoms with E-state index in [4.69, 9.17) is 0 Å². The average Bonchev–Trinajstić information content (AvgIpc) is 3.25. The molecule has 1 aromatic heterocycles. The number of rotatable bonds is 4. The molecule has 0 spiro atoms. The SMILES string of the molecule is CC(NC1CCN(C2CC2)CC1)c1cccnc1. The highest BCUT2D eigenvalue weighted by Crippen LogP contribution is 2.29. The quantitative estimate of drug-likeness (QED) is 0.882. The van der Waals surface area contributed by atoms with Crippen LogP contribution in [-0.2, 0) is 0 Å². The summed E-state index contributed by atoms with van der Waals surface area (Å²) in [5.41, 5.74) is 1.29. The summed E-state index contributed by atoms with van der Waals surface area (Å²) in [6, 6.07) is 6.20. The minimum Gasteiger partial charge on any atom is -0.307 e. The highest BCUT2D eigenvalue weighted by Gasteiger charge is 2.31. The summed E-state index contributed by atoms with van der Waals surface area (Å²) in [6.07, 6.45) is 9.26. The van der Waals surface area contributed by atoms with Crippen LogP contribution >= 0.6 is 0 Å². The molecule has 2 fully saturated rings. The number of pyridine rings is 1. The molecule has 3 rings (SSSR count). The van der Waals surface area contributed by atoms with Gasteiger partial charge in [-0.2, -0.15) is 0 Å². The maximum absolute atomic E-state index is 4.19. The van der Waals surface area contributed by atoms with Crippen molar-refractivity contribution in [3.05, 3.63) is 30.1 Å². The van der Waals surface area contributed by atoms with Crippen LogP contribution in [-0.4, -0.2) is 35.1 Å². The molecule has 3 heteroatoms. The molecule has 3 nitrogen and oxygen atoms in total. The first-order chi connectivity index (χ1) is 8.83. The Hall–Kier alpha value is -0.930. The zero-order valence-corrected chi connectivity index (χ0v) is 11.2. The van der Waals surface area contributed by atoms with Crippen molar-refractivity contribution in [1.29, 1.82) is 0 Å². The van der Waals surface area contributed by atoms with Crippen LogP contribution in [0, 0.1) is 0 Å². The lowest BCUT2D eigenvalue weighted by atomic mass is 10.0. The maximum atomic E-state index is 4.19. The van der Waals surface area contributed by atoms with E-state index in [0.29, 0.717) is 12.1 Å². The van der Waals surface area contributed by atoms with E-state index in [9.17, 15) is 0 Å². The Morgan fingerprint density at radius 1 is 1.28 bits per heavy atom. The first kappa shape index (κ1) is 12.1. The van der Waals surface area contributed by atoms with Gasteiger partial charge >= 0.3 is 0 Å². The number of aromatic nitrogens is 1. The molecule has 1 saturated carbocycles. The molecule has 1 aliphatic heterocycles. The Morgan fingerprint density at radius 2 is 2.06 bits per heavy atom. The Kier molecular flexibility index (Phi) is 3.62. The molecule has 1 N–H and O–H groups in total. The fourth-order valence-corrected chi connectivity index (χ4v) is 2.95. The molecule has 0 radical (unpaired) electrons. The van der Waals surface area contributed by atoms with Crippen molar-refractivity contribution in [2.45, 2.75) is 50.7 Å². The fourth-order valence-electron chi connectivity index (χ4n) is 2.95. The van der Waals surface area contributed by atoms with Gasteiger partial charge in [-0.25, -0.2) is 0 Å². The van der Waals surface area contributed by atoms with Crippen LogP contribution in [0.3, 0.4) is 0 Å². The van der Waals surface area contributed by atoms with E-state index in [1.54, 1.807) is 0 Å². The summed E-state index contributed by atoms with van der Waals surface area (Å²) >= 11 is 0. The Balaban J connectivity index is 1.48. The van der Waals surface area contributed by atoms with Gasteiger partial charge in [0.15, 0.2) is 0 Å². The second-order valence-electron chi connectivity index (χ2n) is 5.72. The second kappa shape index (κ2) is 5.37. The van der Waals surface area contributed by atoms with Crippen LogP contribution in [0.15, 0.2) is 24.5 Å². The normalized spacial score (nSPS) is 24.1. The Labute approximate surface area is 110 Å². The predicted octanol–water partition coefficient (Wildman–Crippen LogP) is 2.36. The third kappa shape index (κ3) is 2.90. The van der Waals surface area contributed by atoms with Gasteiger partial charge in [-0.05, 0) is 57.3 Å². The van der Waals surface area contributed by atoms with Gasteiger partial charge in [0, 0.05) is 30.5 Å². The lowest BCUT2D eigenvalue weighted by Crippen LogP contribution is -2.44. The lowest BCUT2D eigenvalue weighted by Gasteiger charge is -2.34. The van der Waals surface area contributed by atoms with Gasteiger partial charge in [0.05, 0.1) is 0 Å². The molecular formula is C15H23N3. The number of hydrogen-bond donors (Lipinski definition) is 1. The monoisotopic (exact) mass is 245 g/mol. The van der Waals surface area contributed by atoms with Gasteiger partial charge in [0.2, 0.25) is 0 Å². The maximum Gasteiger partial charge on any atom is 0.0315 e. The zero-order chi connectivity index (χ0) is 12.4. The average molecular weight is 245 g/mol. The highest BCUT2D eigenvalue weighted by atomic mass is 15.2. The Bertz CT molecular complexity index is 367. The summed E-state index contributed by atoms with van der Waals surface area (Å²) in [4.78, 5) is 6.87. The molecular weight excluding hydrogens is 222 g/mol. The third-order valence-corrected chi connectivity index (χ3v) is 4.26. The fraction of sp³-hybridized carbons (Fsp3) is 0.667. The number of likely N-dealkylation sites (tertiary alicyclic amines) is 1. The van der Waals surface area contributed by atoms with E-state index in [0.717, 1.165) is 6.04 Å². The standard InChI is InChI=1S/C15H23N3/c1-12(13-3-2-8-16-11-13)17-14-6-9-18(10-7-14)15-4-5-15/h2-3,8,11-12,14-15,17H,4-7,9-10H2,1H3. The van der Waals surface area contributed by atoms with E-state index >= 15 is 0 Å². The van der Waals surface area contributed by atoms with Gasteiger partial charge in [0.25, 0.3) is 0 Å². The lowest BCUT2D eigenvalue weighted by molar-refractivity contribution is 0.184. The smallest absolute Gasteiger partial charge is 0.0315 e. The summed E-state index contributed by atoms with van der Waals surface area (Å²) in [7, 11) is 0. The van der Waals surface area contributed by atoms with E-state index < -0.39 is 0 Å². The molecule has 1 unspecified atom stereocenters. The van der Waals surface area contributed by atoms with Crippen LogP contribution < -0.4 is 5.32 Å². The first-order valence-corrected chi connectivity index (χ1v) is 7.23. The van der Waals surface area contributed by atoms with Gasteiger partial charge in [0.1, 0.15) is 0 Å². The number of piperidine rings is 1. The first-order valence-electron chi connectivity index (χ1n) is 7.23. The van der Waals surface area contributed by atoms with Gasteiger partial charge in [-0.1, -0.05) is 6.07 Å². The van der Waals surface area contributed by atoms with Gasteiger partial charge in [-0.3, -0.25) is 4.98 Å². The van der Waals surface area contributed by atoms with E-state index in [-0.39, 0.29) is 0 Å². The van der Waals surface area contributed by atoms with Crippen molar-refractivity contribution in [2.24, 2.45) is 0 Å². The largest absolute Gasteiger partial charge is 0.307 e. The molecule has 0 bridgehead atoms. The summed E-state index contributed by atoms with van der Waals surface area (Å²) < 4.78 is 0. The molecule has 0 aromatic carbocycles. The molecule has 1 aromatic rings. The van der Waals surface area contributed by atoms with Crippen LogP contribution in [0.5, 0.6) is 0 Å². The molecule has 2 heterocycles. The van der Waals surface area contributed by atoms with Crippen LogP contribution in [0.1, 0.15) is 44.2 Å². The topological polar surface area (TPSA) is 28.2 Å². The van der Waals surface area contributed by atoms with Crippen molar-refractivity contribution >= 4 is 0 Å². The van der Waals surface area contributed by atoms with Crippen LogP contribution in [0.2, 0.25) is 0 Å². The number of nitrogens with one attached hydrogen (secondary N) is 1. The molecule has 98 valence electrons. The van der Waals surface area contributed by atoms with Crippen LogP contribution in [0.25, 0.3) is 0 Å². The molecule has 0 amide bonds. The van der Waals surface area contributed by atoms with Crippen LogP contribution in [0.4, 0.5) is 0 Å². The summed E-state index contributed by atoms with van der Waals surface area (Å²) in [6.45, 7) is 4.80. The second-order valence-corrected chi connectivity index (χ2v) is 5.72. The van der Waals surface area contributed by atoms with Crippen molar-refractivity contribution in [1.82, 2.24) is 15.2 Å². The zero-order valence-electron chi connectivity index (χ0n) is 11.2. The van der Waals surface area contributed by atoms with Crippen molar-refractivity contribution in [2.75, 3.05) is 13.1 Å². The summed E-state index contributed by atoms with van der Waals surface area (Å²) in [5, 5.41) is 3.75. The summed E-state index contributed by atoms with van der Waals surface area (Å²) in [5.74, 6) is 0. The van der Waals surface area contributed by atoms with E-state index in [2.05, 4.69) is 28.2 Å². The number of nitrogens with zero attached hydrogens (tertiary/aromatic N) is 2. The van der Waals surface area contributed by atoms with E-state index in [1.807, 2.05) is 18.5 Å². The van der Waals surface area contributed by atoms with Crippen molar-refractivity contribution < 1.29 is 0 Å². The molecule has 1 saturated heterocycles. The molecule has 1 aliphatic carbocycles. The van der Waals surface area contributed by atoms with Crippen molar-refractivity contribution in [3.63, 3.8) is 0 Å². The minimum atomic E-state index is 0.413.